The van der Waals surface area contributed by atoms with Gasteiger partial charge in [-0.25, -0.2) is 4.99 Å². The van der Waals surface area contributed by atoms with E-state index < -0.39 is 0 Å². The van der Waals surface area contributed by atoms with Crippen molar-refractivity contribution in [3.05, 3.63) is 0 Å². The zero-order chi connectivity index (χ0) is 18.0. The molecule has 0 saturated heterocycles. The first-order valence-electron chi connectivity index (χ1n) is 9.10. The number of aliphatic imine (C=N–C) groups is 1. The van der Waals surface area contributed by atoms with Gasteiger partial charge < -0.3 is 20.3 Å². The molecule has 0 heterocycles. The van der Waals surface area contributed by atoms with E-state index in [-0.39, 0.29) is 36.4 Å². The van der Waals surface area contributed by atoms with Crippen molar-refractivity contribution >= 4 is 35.8 Å². The van der Waals surface area contributed by atoms with E-state index in [0.717, 1.165) is 32.1 Å². The van der Waals surface area contributed by atoms with Gasteiger partial charge in [0.2, 0.25) is 5.91 Å². The number of guanidine groups is 1. The van der Waals surface area contributed by atoms with E-state index >= 15 is 0 Å². The Morgan fingerprint density at radius 3 is 2.40 bits per heavy atom. The molecule has 2 N–H and O–H groups in total. The summed E-state index contributed by atoms with van der Waals surface area (Å²) in [7, 11) is 5.27. The Bertz CT molecular complexity index is 408. The molecule has 1 aliphatic carbocycles. The molecular weight excluding hydrogens is 431 g/mol. The maximum Gasteiger partial charge on any atom is 0.243 e. The van der Waals surface area contributed by atoms with E-state index in [1.165, 1.54) is 25.7 Å². The van der Waals surface area contributed by atoms with Crippen LogP contribution in [0.1, 0.15) is 46.0 Å². The molecule has 25 heavy (non-hydrogen) atoms. The maximum absolute atomic E-state index is 11.8. The third-order valence-electron chi connectivity index (χ3n) is 4.68. The van der Waals surface area contributed by atoms with Crippen LogP contribution in [0.15, 0.2) is 4.99 Å². The number of nitrogens with one attached hydrogen (secondary N) is 2. The minimum atomic E-state index is 0. The molecule has 1 amide bonds. The summed E-state index contributed by atoms with van der Waals surface area (Å²) < 4.78 is 5.30. The van der Waals surface area contributed by atoms with Gasteiger partial charge in [0.1, 0.15) is 6.54 Å². The van der Waals surface area contributed by atoms with Crippen molar-refractivity contribution in [3.63, 3.8) is 0 Å². The number of carbonyl (C=O) groups is 1. The summed E-state index contributed by atoms with van der Waals surface area (Å²) in [5.74, 6) is 1.27. The Kier molecular flexibility index (Phi) is 12.4. The van der Waals surface area contributed by atoms with Gasteiger partial charge in [-0.2, -0.15) is 0 Å². The van der Waals surface area contributed by atoms with Gasteiger partial charge in [0.25, 0.3) is 0 Å². The fourth-order valence-electron chi connectivity index (χ4n) is 2.99. The molecule has 0 spiro atoms. The van der Waals surface area contributed by atoms with Gasteiger partial charge in [-0.15, -0.1) is 24.0 Å². The summed E-state index contributed by atoms with van der Waals surface area (Å²) in [6, 6.07) is 0. The lowest BCUT2D eigenvalue weighted by molar-refractivity contribution is -0.127. The molecule has 1 aliphatic rings. The molecule has 148 valence electrons. The third-order valence-corrected chi connectivity index (χ3v) is 4.68. The molecule has 0 aromatic rings. The number of rotatable bonds is 9. The monoisotopic (exact) mass is 468 g/mol. The molecule has 6 nitrogen and oxygen atoms in total. The normalized spacial score (nSPS) is 16.5. The van der Waals surface area contributed by atoms with Crippen molar-refractivity contribution in [1.82, 2.24) is 15.5 Å². The third kappa shape index (κ3) is 9.63. The lowest BCUT2D eigenvalue weighted by atomic mass is 9.83. The highest BCUT2D eigenvalue weighted by Gasteiger charge is 2.33. The van der Waals surface area contributed by atoms with Crippen molar-refractivity contribution in [2.45, 2.75) is 46.0 Å². The zero-order valence-corrected chi connectivity index (χ0v) is 18.9. The molecule has 0 aliphatic heterocycles. The van der Waals surface area contributed by atoms with Gasteiger partial charge >= 0.3 is 0 Å². The molecule has 0 radical (unpaired) electrons. The summed E-state index contributed by atoms with van der Waals surface area (Å²) in [6.45, 7) is 7.01. The summed E-state index contributed by atoms with van der Waals surface area (Å²) in [5, 5.41) is 6.82. The molecule has 0 atom stereocenters. The van der Waals surface area contributed by atoms with Gasteiger partial charge in [0.05, 0.1) is 0 Å². The number of halogens is 1. The number of ether oxygens (including phenoxy) is 1. The minimum absolute atomic E-state index is 0. The number of hydrogen-bond donors (Lipinski definition) is 2. The summed E-state index contributed by atoms with van der Waals surface area (Å²) >= 11 is 0. The Morgan fingerprint density at radius 1 is 1.24 bits per heavy atom. The van der Waals surface area contributed by atoms with Gasteiger partial charge in [-0.05, 0) is 30.6 Å². The maximum atomic E-state index is 11.8. The van der Waals surface area contributed by atoms with Gasteiger partial charge in [-0.1, -0.05) is 26.7 Å². The van der Waals surface area contributed by atoms with Crippen LogP contribution < -0.4 is 10.6 Å². The van der Waals surface area contributed by atoms with Crippen LogP contribution in [0.25, 0.3) is 0 Å². The minimum Gasteiger partial charge on any atom is -0.385 e. The molecule has 1 rings (SSSR count). The van der Waals surface area contributed by atoms with Crippen LogP contribution in [-0.4, -0.2) is 64.2 Å². The van der Waals surface area contributed by atoms with Crippen molar-refractivity contribution in [3.8, 4) is 0 Å². The average molecular weight is 468 g/mol. The van der Waals surface area contributed by atoms with E-state index in [4.69, 9.17) is 4.74 Å². The SMILES string of the molecule is COCCC1(CNC(=NCC(=O)N(C)C)NCC(C)C)CCCC1.I. The van der Waals surface area contributed by atoms with Crippen LogP contribution in [0, 0.1) is 11.3 Å². The molecule has 7 heteroatoms. The van der Waals surface area contributed by atoms with Gasteiger partial charge in [0.15, 0.2) is 5.96 Å². The van der Waals surface area contributed by atoms with Crippen LogP contribution in [0.2, 0.25) is 0 Å². The summed E-state index contributed by atoms with van der Waals surface area (Å²) in [6.07, 6.45) is 6.12. The molecule has 1 fully saturated rings. The van der Waals surface area contributed by atoms with E-state index in [9.17, 15) is 4.79 Å². The first-order chi connectivity index (χ1) is 11.4. The van der Waals surface area contributed by atoms with Crippen molar-refractivity contribution in [2.24, 2.45) is 16.3 Å². The summed E-state index contributed by atoms with van der Waals surface area (Å²) in [4.78, 5) is 17.8. The number of methoxy groups -OCH3 is 1. The predicted molar refractivity (Wildman–Crippen MR) is 115 cm³/mol. The van der Waals surface area contributed by atoms with Crippen LogP contribution in [-0.2, 0) is 9.53 Å². The molecule has 0 bridgehead atoms. The molecular formula is C18H37IN4O2. The Labute approximate surface area is 170 Å². The Hall–Kier alpha value is -0.570. The van der Waals surface area contributed by atoms with E-state index in [1.54, 1.807) is 26.1 Å². The number of carbonyl (C=O) groups excluding carboxylic acids is 1. The fraction of sp³-hybridized carbons (Fsp3) is 0.889. The second-order valence-electron chi connectivity index (χ2n) is 7.53. The van der Waals surface area contributed by atoms with Gasteiger partial charge in [0, 0.05) is 40.9 Å². The highest BCUT2D eigenvalue weighted by atomic mass is 127. The van der Waals surface area contributed by atoms with Crippen LogP contribution in [0.4, 0.5) is 0 Å². The van der Waals surface area contributed by atoms with E-state index in [2.05, 4.69) is 29.5 Å². The predicted octanol–water partition coefficient (Wildman–Crippen LogP) is 2.48. The first kappa shape index (κ1) is 24.4. The Morgan fingerprint density at radius 2 is 1.88 bits per heavy atom. The van der Waals surface area contributed by atoms with E-state index in [0.29, 0.717) is 11.3 Å². The average Bonchev–Trinajstić information content (AvgIpc) is 3.00. The second-order valence-corrected chi connectivity index (χ2v) is 7.53. The summed E-state index contributed by atoms with van der Waals surface area (Å²) in [5.41, 5.74) is 0.293. The molecule has 0 aromatic heterocycles. The van der Waals surface area contributed by atoms with E-state index in [1.807, 2.05) is 0 Å². The zero-order valence-electron chi connectivity index (χ0n) is 16.6. The number of nitrogens with zero attached hydrogens (tertiary/aromatic N) is 2. The largest absolute Gasteiger partial charge is 0.385 e. The number of amides is 1. The molecule has 0 aromatic carbocycles. The lowest BCUT2D eigenvalue weighted by Gasteiger charge is -2.30. The molecule has 1 saturated carbocycles. The molecule has 0 unspecified atom stereocenters. The highest BCUT2D eigenvalue weighted by molar-refractivity contribution is 14.0. The van der Waals surface area contributed by atoms with Gasteiger partial charge in [-0.3, -0.25) is 4.79 Å². The van der Waals surface area contributed by atoms with Crippen molar-refractivity contribution in [2.75, 3.05) is 47.4 Å². The first-order valence-corrected chi connectivity index (χ1v) is 9.10. The fourth-order valence-corrected chi connectivity index (χ4v) is 2.99. The van der Waals surface area contributed by atoms with Crippen molar-refractivity contribution < 1.29 is 9.53 Å². The lowest BCUT2D eigenvalue weighted by Crippen LogP contribution is -2.45. The standard InChI is InChI=1S/C18H36N4O2.HI/c1-15(2)12-19-17(20-13-16(23)22(3)4)21-14-18(10-11-24-5)8-6-7-9-18;/h15H,6-14H2,1-5H3,(H2,19,20,21);1H. The highest BCUT2D eigenvalue weighted by Crippen LogP contribution is 2.40. The number of likely N-dealkylation sites (N-methyl/N-ethyl adjacent to an activating group) is 1. The van der Waals surface area contributed by atoms with Crippen LogP contribution in [0.3, 0.4) is 0 Å². The Balaban J connectivity index is 0.00000576. The van der Waals surface area contributed by atoms with Crippen LogP contribution >= 0.6 is 24.0 Å². The topological polar surface area (TPSA) is 66.0 Å². The quantitative estimate of drug-likeness (QED) is 0.310. The van der Waals surface area contributed by atoms with Crippen molar-refractivity contribution in [1.29, 1.82) is 0 Å². The van der Waals surface area contributed by atoms with Crippen LogP contribution in [0.5, 0.6) is 0 Å². The second kappa shape index (κ2) is 12.7. The number of hydrogen-bond acceptors (Lipinski definition) is 3. The smallest absolute Gasteiger partial charge is 0.243 e.